The molecule has 0 bridgehead atoms. The van der Waals surface area contributed by atoms with Gasteiger partial charge < -0.3 is 4.57 Å². The fraction of sp³-hybridized carbons (Fsp3) is 0.0612. The van der Waals surface area contributed by atoms with Gasteiger partial charge in [0.1, 0.15) is 0 Å². The summed E-state index contributed by atoms with van der Waals surface area (Å²) in [4.78, 5) is 10.7. The molecule has 0 atom stereocenters. The lowest BCUT2D eigenvalue weighted by Gasteiger charge is -2.21. The summed E-state index contributed by atoms with van der Waals surface area (Å²) >= 11 is 0. The van der Waals surface area contributed by atoms with Crippen molar-refractivity contribution in [3.63, 3.8) is 0 Å². The number of benzene rings is 7. The molecule has 3 heterocycles. The molecule has 0 spiro atoms. The quantitative estimate of drug-likeness (QED) is 0.186. The van der Waals surface area contributed by atoms with Crippen molar-refractivity contribution < 1.29 is 0 Å². The van der Waals surface area contributed by atoms with E-state index in [4.69, 9.17) is 9.97 Å². The highest BCUT2D eigenvalue weighted by Gasteiger charge is 2.41. The standard InChI is InChI=1S/C49H34N4/c1-49(2)39-24-14-12-22-35(39)47-44(49)37-27-29-42-43(46(37)52(47)34-20-10-5-11-21-34)38-30-33(31-16-6-3-7-17-31)26-28-41(38)53(42)48-50-40-25-15-13-23-36(40)45(51-48)32-18-8-4-9-19-32/h3-30H,1-2H3. The Balaban J connectivity index is 1.33. The van der Waals surface area contributed by atoms with E-state index in [-0.39, 0.29) is 5.41 Å². The van der Waals surface area contributed by atoms with Gasteiger partial charge in [-0.1, -0.05) is 147 Å². The van der Waals surface area contributed by atoms with E-state index in [1.165, 1.54) is 55.2 Å². The molecule has 4 heteroatoms. The van der Waals surface area contributed by atoms with Crippen molar-refractivity contribution in [2.45, 2.75) is 19.3 Å². The highest BCUT2D eigenvalue weighted by molar-refractivity contribution is 6.23. The second-order valence-electron chi connectivity index (χ2n) is 14.6. The molecule has 4 nitrogen and oxygen atoms in total. The summed E-state index contributed by atoms with van der Waals surface area (Å²) in [5.74, 6) is 0.658. The number of aromatic nitrogens is 4. The third-order valence-electron chi connectivity index (χ3n) is 11.3. The van der Waals surface area contributed by atoms with Crippen molar-refractivity contribution in [3.05, 3.63) is 181 Å². The van der Waals surface area contributed by atoms with E-state index >= 15 is 0 Å². The largest absolute Gasteiger partial charge is 0.308 e. The van der Waals surface area contributed by atoms with Crippen LogP contribution < -0.4 is 0 Å². The van der Waals surface area contributed by atoms with Crippen LogP contribution in [-0.2, 0) is 5.41 Å². The van der Waals surface area contributed by atoms with Gasteiger partial charge in [0.25, 0.3) is 0 Å². The molecule has 1 aliphatic carbocycles. The Bertz CT molecular complexity index is 3060. The van der Waals surface area contributed by atoms with Crippen LogP contribution in [0.2, 0.25) is 0 Å². The van der Waals surface area contributed by atoms with Gasteiger partial charge in [-0.2, -0.15) is 0 Å². The van der Waals surface area contributed by atoms with Crippen molar-refractivity contribution in [3.8, 4) is 45.3 Å². The molecular formula is C49H34N4. The van der Waals surface area contributed by atoms with E-state index in [9.17, 15) is 0 Å². The first-order valence-corrected chi connectivity index (χ1v) is 18.3. The summed E-state index contributed by atoms with van der Waals surface area (Å²) in [5.41, 5.74) is 14.9. The average Bonchev–Trinajstić information content (AvgIpc) is 3.82. The Morgan fingerprint density at radius 2 is 1.15 bits per heavy atom. The molecule has 53 heavy (non-hydrogen) atoms. The van der Waals surface area contributed by atoms with E-state index < -0.39 is 0 Å². The van der Waals surface area contributed by atoms with Gasteiger partial charge in [0, 0.05) is 43.8 Å². The zero-order valence-corrected chi connectivity index (χ0v) is 29.5. The van der Waals surface area contributed by atoms with Gasteiger partial charge in [-0.3, -0.25) is 4.57 Å². The zero-order chi connectivity index (χ0) is 35.3. The lowest BCUT2D eigenvalue weighted by atomic mass is 9.81. The first kappa shape index (κ1) is 29.9. The number of nitrogens with zero attached hydrogens (tertiary/aromatic N) is 4. The second kappa shape index (κ2) is 11.1. The van der Waals surface area contributed by atoms with Crippen LogP contribution in [0.15, 0.2) is 170 Å². The van der Waals surface area contributed by atoms with Crippen LogP contribution in [0, 0.1) is 0 Å². The van der Waals surface area contributed by atoms with E-state index in [1.807, 2.05) is 0 Å². The topological polar surface area (TPSA) is 35.6 Å². The molecule has 0 saturated heterocycles. The van der Waals surface area contributed by atoms with Gasteiger partial charge in [0.05, 0.1) is 33.5 Å². The van der Waals surface area contributed by atoms with Gasteiger partial charge in [-0.25, -0.2) is 9.97 Å². The third-order valence-corrected chi connectivity index (χ3v) is 11.3. The molecule has 0 N–H and O–H groups in total. The van der Waals surface area contributed by atoms with Gasteiger partial charge in [-0.15, -0.1) is 0 Å². The molecule has 3 aromatic heterocycles. The fourth-order valence-electron chi connectivity index (χ4n) is 8.98. The van der Waals surface area contributed by atoms with Crippen LogP contribution in [-0.4, -0.2) is 19.1 Å². The minimum absolute atomic E-state index is 0.183. The molecule has 0 saturated carbocycles. The lowest BCUT2D eigenvalue weighted by molar-refractivity contribution is 0.666. The number of para-hydroxylation sites is 2. The first-order valence-electron chi connectivity index (χ1n) is 18.3. The zero-order valence-electron chi connectivity index (χ0n) is 29.5. The van der Waals surface area contributed by atoms with Gasteiger partial charge in [0.2, 0.25) is 5.95 Å². The van der Waals surface area contributed by atoms with Crippen molar-refractivity contribution in [1.82, 2.24) is 19.1 Å². The van der Waals surface area contributed by atoms with Crippen LogP contribution in [0.3, 0.4) is 0 Å². The number of fused-ring (bicyclic) bond motifs is 10. The second-order valence-corrected chi connectivity index (χ2v) is 14.6. The Morgan fingerprint density at radius 1 is 0.491 bits per heavy atom. The molecule has 0 amide bonds. The molecular weight excluding hydrogens is 645 g/mol. The van der Waals surface area contributed by atoms with Crippen molar-refractivity contribution in [1.29, 1.82) is 0 Å². The van der Waals surface area contributed by atoms with Crippen LogP contribution >= 0.6 is 0 Å². The minimum Gasteiger partial charge on any atom is -0.308 e. The molecule has 10 aromatic rings. The first-order chi connectivity index (χ1) is 26.1. The summed E-state index contributed by atoms with van der Waals surface area (Å²) in [6.07, 6.45) is 0. The smallest absolute Gasteiger partial charge is 0.235 e. The summed E-state index contributed by atoms with van der Waals surface area (Å²) in [6.45, 7) is 4.75. The highest BCUT2D eigenvalue weighted by Crippen LogP contribution is 2.55. The number of hydrogen-bond acceptors (Lipinski definition) is 2. The van der Waals surface area contributed by atoms with Crippen LogP contribution in [0.5, 0.6) is 0 Å². The molecule has 250 valence electrons. The lowest BCUT2D eigenvalue weighted by Crippen LogP contribution is -2.14. The summed E-state index contributed by atoms with van der Waals surface area (Å²) in [7, 11) is 0. The van der Waals surface area contributed by atoms with Crippen LogP contribution in [0.25, 0.3) is 88.9 Å². The average molecular weight is 679 g/mol. The Labute approximate surface area is 307 Å². The van der Waals surface area contributed by atoms with E-state index in [0.29, 0.717) is 5.95 Å². The van der Waals surface area contributed by atoms with Crippen molar-refractivity contribution >= 4 is 43.6 Å². The molecule has 1 aliphatic rings. The van der Waals surface area contributed by atoms with Gasteiger partial charge >= 0.3 is 0 Å². The third kappa shape index (κ3) is 4.24. The molecule has 0 fully saturated rings. The molecule has 0 radical (unpaired) electrons. The highest BCUT2D eigenvalue weighted by atomic mass is 15.2. The van der Waals surface area contributed by atoms with Crippen molar-refractivity contribution in [2.24, 2.45) is 0 Å². The Hall–Kier alpha value is -6.78. The number of rotatable bonds is 4. The van der Waals surface area contributed by atoms with Gasteiger partial charge in [-0.05, 0) is 58.7 Å². The van der Waals surface area contributed by atoms with Crippen molar-refractivity contribution in [2.75, 3.05) is 0 Å². The maximum atomic E-state index is 5.40. The fourth-order valence-corrected chi connectivity index (χ4v) is 8.98. The molecule has 11 rings (SSSR count). The summed E-state index contributed by atoms with van der Waals surface area (Å²) in [6, 6.07) is 60.8. The summed E-state index contributed by atoms with van der Waals surface area (Å²) < 4.78 is 4.81. The minimum atomic E-state index is -0.183. The number of hydrogen-bond donors (Lipinski definition) is 0. The van der Waals surface area contributed by atoms with Crippen LogP contribution in [0.4, 0.5) is 0 Å². The Kier molecular flexibility index (Phi) is 6.27. The predicted octanol–water partition coefficient (Wildman–Crippen LogP) is 12.3. The maximum Gasteiger partial charge on any atom is 0.235 e. The maximum absolute atomic E-state index is 5.40. The summed E-state index contributed by atoms with van der Waals surface area (Å²) in [5, 5.41) is 4.67. The normalized spacial score (nSPS) is 13.2. The monoisotopic (exact) mass is 678 g/mol. The van der Waals surface area contributed by atoms with Crippen LogP contribution in [0.1, 0.15) is 25.0 Å². The molecule has 0 aliphatic heterocycles. The molecule has 0 unspecified atom stereocenters. The van der Waals surface area contributed by atoms with Gasteiger partial charge in [0.15, 0.2) is 0 Å². The SMILES string of the molecule is CC1(C)c2ccccc2-c2c1c1ccc3c(c4cc(-c5ccccc5)ccc4n3-c3nc(-c4ccccc4)c4ccccc4n3)c1n2-c1ccccc1. The van der Waals surface area contributed by atoms with E-state index in [1.54, 1.807) is 0 Å². The van der Waals surface area contributed by atoms with E-state index in [2.05, 4.69) is 193 Å². The predicted molar refractivity (Wildman–Crippen MR) is 219 cm³/mol. The molecule has 7 aromatic carbocycles. The Morgan fingerprint density at radius 3 is 1.94 bits per heavy atom. The van der Waals surface area contributed by atoms with E-state index in [0.717, 1.165) is 38.9 Å².